The summed E-state index contributed by atoms with van der Waals surface area (Å²) in [6.07, 6.45) is 1.36. The summed E-state index contributed by atoms with van der Waals surface area (Å²) in [5, 5.41) is 2.94. The quantitative estimate of drug-likeness (QED) is 0.346. The van der Waals surface area contributed by atoms with Crippen molar-refractivity contribution in [2.45, 2.75) is 45.8 Å². The van der Waals surface area contributed by atoms with Crippen LogP contribution in [-0.4, -0.2) is 50.0 Å². The topological polar surface area (TPSA) is 86.8 Å². The van der Waals surface area contributed by atoms with Gasteiger partial charge in [0.25, 0.3) is 0 Å². The van der Waals surface area contributed by atoms with E-state index in [0.29, 0.717) is 5.69 Å². The summed E-state index contributed by atoms with van der Waals surface area (Å²) in [6, 6.07) is 23.0. The van der Waals surface area contributed by atoms with Gasteiger partial charge in [-0.05, 0) is 61.7 Å². The first-order valence-corrected chi connectivity index (χ1v) is 15.0. The second kappa shape index (κ2) is 13.1. The minimum Gasteiger partial charge on any atom is -0.352 e. The number of hydrogen-bond donors (Lipinski definition) is 1. The lowest BCUT2D eigenvalue weighted by atomic mass is 10.0. The molecule has 0 aromatic heterocycles. The van der Waals surface area contributed by atoms with Crippen LogP contribution in [0.1, 0.15) is 30.5 Å². The summed E-state index contributed by atoms with van der Waals surface area (Å²) in [6.45, 7) is 5.28. The van der Waals surface area contributed by atoms with Crippen molar-refractivity contribution >= 4 is 43.5 Å². The zero-order valence-corrected chi connectivity index (χ0v) is 24.5. The standard InChI is InChI=1S/C29H34BrN3O4S/c1-21(2)31-29(35)27(18-23-11-6-5-7-12-23)32(19-24-13-9-14-25(30)17-24)28(34)20-33(38(4,36)37)26-15-8-10-22(3)16-26/h5-17,21,27H,18-20H2,1-4H3,(H,31,35)/t27-/m0/s1. The molecule has 0 spiro atoms. The lowest BCUT2D eigenvalue weighted by Gasteiger charge is -2.34. The molecule has 0 aliphatic rings. The lowest BCUT2D eigenvalue weighted by Crippen LogP contribution is -2.54. The Kier molecular flexibility index (Phi) is 10.1. The van der Waals surface area contributed by atoms with Crippen LogP contribution in [0.4, 0.5) is 5.69 Å². The molecule has 9 heteroatoms. The molecule has 3 aromatic carbocycles. The predicted molar refractivity (Wildman–Crippen MR) is 155 cm³/mol. The molecule has 0 aliphatic heterocycles. The molecule has 0 heterocycles. The zero-order chi connectivity index (χ0) is 27.9. The smallest absolute Gasteiger partial charge is 0.244 e. The maximum atomic E-state index is 14.0. The number of amides is 2. The van der Waals surface area contributed by atoms with Crippen LogP contribution in [0.25, 0.3) is 0 Å². The number of sulfonamides is 1. The number of halogens is 1. The van der Waals surface area contributed by atoms with E-state index in [1.807, 2.05) is 81.4 Å². The third-order valence-electron chi connectivity index (χ3n) is 5.91. The molecule has 0 fully saturated rings. The zero-order valence-electron chi connectivity index (χ0n) is 22.1. The number of nitrogens with one attached hydrogen (secondary N) is 1. The van der Waals surface area contributed by atoms with Gasteiger partial charge in [-0.3, -0.25) is 13.9 Å². The molecule has 1 N–H and O–H groups in total. The van der Waals surface area contributed by atoms with E-state index in [2.05, 4.69) is 21.2 Å². The van der Waals surface area contributed by atoms with Crippen molar-refractivity contribution in [2.75, 3.05) is 17.1 Å². The van der Waals surface area contributed by atoms with Gasteiger partial charge in [0.1, 0.15) is 12.6 Å². The summed E-state index contributed by atoms with van der Waals surface area (Å²) >= 11 is 3.48. The number of nitrogens with zero attached hydrogens (tertiary/aromatic N) is 2. The summed E-state index contributed by atoms with van der Waals surface area (Å²) in [5.41, 5.74) is 2.97. The summed E-state index contributed by atoms with van der Waals surface area (Å²) in [4.78, 5) is 29.0. The van der Waals surface area contributed by atoms with Gasteiger partial charge in [-0.2, -0.15) is 0 Å². The minimum atomic E-state index is -3.79. The lowest BCUT2D eigenvalue weighted by molar-refractivity contribution is -0.140. The van der Waals surface area contributed by atoms with Gasteiger partial charge in [-0.25, -0.2) is 8.42 Å². The predicted octanol–water partition coefficient (Wildman–Crippen LogP) is 4.69. The van der Waals surface area contributed by atoms with Gasteiger partial charge in [0.2, 0.25) is 21.8 Å². The van der Waals surface area contributed by atoms with Crippen molar-refractivity contribution in [3.8, 4) is 0 Å². The molecular weight excluding hydrogens is 566 g/mol. The maximum absolute atomic E-state index is 14.0. The van der Waals surface area contributed by atoms with Crippen LogP contribution in [-0.2, 0) is 32.6 Å². The van der Waals surface area contributed by atoms with Gasteiger partial charge in [0, 0.05) is 23.5 Å². The van der Waals surface area contributed by atoms with Gasteiger partial charge in [-0.1, -0.05) is 70.5 Å². The van der Waals surface area contributed by atoms with Crippen LogP contribution in [0, 0.1) is 6.92 Å². The highest BCUT2D eigenvalue weighted by Crippen LogP contribution is 2.22. The number of carbonyl (C=O) groups is 2. The fraction of sp³-hybridized carbons (Fsp3) is 0.310. The minimum absolute atomic E-state index is 0.132. The SMILES string of the molecule is Cc1cccc(N(CC(=O)N(Cc2cccc(Br)c2)[C@@H](Cc2ccccc2)C(=O)NC(C)C)S(C)(=O)=O)c1. The first-order chi connectivity index (χ1) is 17.9. The normalized spacial score (nSPS) is 12.2. The van der Waals surface area contributed by atoms with Crippen molar-refractivity contribution < 1.29 is 18.0 Å². The molecule has 0 saturated carbocycles. The molecule has 0 aliphatic carbocycles. The Bertz CT molecular complexity index is 1360. The second-order valence-corrected chi connectivity index (χ2v) is 12.5. The number of carbonyl (C=O) groups excluding carboxylic acids is 2. The van der Waals surface area contributed by atoms with Crippen molar-refractivity contribution in [1.29, 1.82) is 0 Å². The van der Waals surface area contributed by atoms with Crippen molar-refractivity contribution in [3.63, 3.8) is 0 Å². The number of benzene rings is 3. The van der Waals surface area contributed by atoms with Crippen LogP contribution < -0.4 is 9.62 Å². The van der Waals surface area contributed by atoms with Gasteiger partial charge in [0.15, 0.2) is 0 Å². The Morgan fingerprint density at radius 1 is 0.921 bits per heavy atom. The van der Waals surface area contributed by atoms with Crippen LogP contribution in [0.2, 0.25) is 0 Å². The Morgan fingerprint density at radius 3 is 2.18 bits per heavy atom. The summed E-state index contributed by atoms with van der Waals surface area (Å²) < 4.78 is 27.6. The molecular formula is C29H34BrN3O4S. The van der Waals surface area contributed by atoms with Gasteiger partial charge >= 0.3 is 0 Å². The highest BCUT2D eigenvalue weighted by Gasteiger charge is 2.33. The van der Waals surface area contributed by atoms with E-state index in [1.165, 1.54) is 4.90 Å². The molecule has 0 saturated heterocycles. The average molecular weight is 601 g/mol. The molecule has 0 radical (unpaired) electrons. The molecule has 3 aromatic rings. The van der Waals surface area contributed by atoms with Crippen molar-refractivity contribution in [1.82, 2.24) is 10.2 Å². The van der Waals surface area contributed by atoms with Crippen molar-refractivity contribution in [3.05, 3.63) is 100 Å². The van der Waals surface area contributed by atoms with E-state index in [9.17, 15) is 18.0 Å². The van der Waals surface area contributed by atoms with Crippen LogP contribution >= 0.6 is 15.9 Å². The largest absolute Gasteiger partial charge is 0.352 e. The molecule has 0 bridgehead atoms. The molecule has 0 unspecified atom stereocenters. The monoisotopic (exact) mass is 599 g/mol. The van der Waals surface area contributed by atoms with Crippen LogP contribution in [0.15, 0.2) is 83.3 Å². The summed E-state index contributed by atoms with van der Waals surface area (Å²) in [5.74, 6) is -0.773. The maximum Gasteiger partial charge on any atom is 0.244 e. The van der Waals surface area contributed by atoms with E-state index < -0.39 is 28.5 Å². The second-order valence-electron chi connectivity index (χ2n) is 9.63. The van der Waals surface area contributed by atoms with E-state index in [4.69, 9.17) is 0 Å². The fourth-order valence-electron chi connectivity index (χ4n) is 4.16. The molecule has 38 heavy (non-hydrogen) atoms. The van der Waals surface area contributed by atoms with Gasteiger partial charge in [0.05, 0.1) is 11.9 Å². The Balaban J connectivity index is 2.06. The average Bonchev–Trinajstić information content (AvgIpc) is 2.84. The molecule has 7 nitrogen and oxygen atoms in total. The van der Waals surface area contributed by atoms with Gasteiger partial charge < -0.3 is 10.2 Å². The molecule has 202 valence electrons. The first kappa shape index (κ1) is 29.4. The Morgan fingerprint density at radius 2 is 1.58 bits per heavy atom. The van der Waals surface area contributed by atoms with Gasteiger partial charge in [-0.15, -0.1) is 0 Å². The fourth-order valence-corrected chi connectivity index (χ4v) is 5.45. The molecule has 3 rings (SSSR count). The third-order valence-corrected chi connectivity index (χ3v) is 7.55. The van der Waals surface area contributed by atoms with Crippen molar-refractivity contribution in [2.24, 2.45) is 0 Å². The highest BCUT2D eigenvalue weighted by atomic mass is 79.9. The Labute approximate surface area is 234 Å². The van der Waals surface area contributed by atoms with E-state index in [0.717, 1.165) is 31.7 Å². The van der Waals surface area contributed by atoms with E-state index in [1.54, 1.807) is 18.2 Å². The van der Waals surface area contributed by atoms with E-state index >= 15 is 0 Å². The molecule has 1 atom stereocenters. The van der Waals surface area contributed by atoms with E-state index in [-0.39, 0.29) is 24.9 Å². The first-order valence-electron chi connectivity index (χ1n) is 12.4. The number of rotatable bonds is 11. The number of anilines is 1. The number of hydrogen-bond acceptors (Lipinski definition) is 4. The van der Waals surface area contributed by atoms with Crippen LogP contribution in [0.3, 0.4) is 0 Å². The third kappa shape index (κ3) is 8.43. The van der Waals surface area contributed by atoms with Crippen LogP contribution in [0.5, 0.6) is 0 Å². The summed E-state index contributed by atoms with van der Waals surface area (Å²) in [7, 11) is -3.79. The number of aryl methyl sites for hydroxylation is 1. The Hall–Kier alpha value is -3.17. The molecule has 2 amide bonds. The highest BCUT2D eigenvalue weighted by molar-refractivity contribution is 9.10.